The van der Waals surface area contributed by atoms with Crippen LogP contribution in [-0.4, -0.2) is 43.2 Å². The number of nitrogens with zero attached hydrogens (tertiary/aromatic N) is 2. The van der Waals surface area contributed by atoms with Crippen LogP contribution in [0.1, 0.15) is 31.4 Å². The molecule has 106 valence electrons. The van der Waals surface area contributed by atoms with Gasteiger partial charge in [-0.25, -0.2) is 0 Å². The Hall–Kier alpha value is -0.580. The minimum absolute atomic E-state index is 0.433. The van der Waals surface area contributed by atoms with Crippen molar-refractivity contribution in [1.82, 2.24) is 4.90 Å². The predicted octanol–water partition coefficient (Wildman–Crippen LogP) is 3.03. The van der Waals surface area contributed by atoms with Crippen LogP contribution in [0.15, 0.2) is 22.7 Å². The van der Waals surface area contributed by atoms with Crippen molar-refractivity contribution in [2.24, 2.45) is 0 Å². The number of rotatable bonds is 3. The number of halogens is 1. The van der Waals surface area contributed by atoms with Gasteiger partial charge in [0, 0.05) is 23.2 Å². The van der Waals surface area contributed by atoms with Gasteiger partial charge in [-0.1, -0.05) is 22.0 Å². The second-order valence-corrected chi connectivity index (χ2v) is 6.38. The highest BCUT2D eigenvalue weighted by Gasteiger charge is 2.21. The Labute approximate surface area is 124 Å². The SMILES string of the molecule is CC(O)c1ccc(N(C)C2CCN(C)CC2)cc1Br. The highest BCUT2D eigenvalue weighted by Crippen LogP contribution is 2.29. The normalized spacial score (nSPS) is 19.4. The Morgan fingerprint density at radius 1 is 1.37 bits per heavy atom. The van der Waals surface area contributed by atoms with Crippen LogP contribution in [0.4, 0.5) is 5.69 Å². The zero-order valence-corrected chi connectivity index (χ0v) is 13.5. The molecular formula is C15H23BrN2O. The van der Waals surface area contributed by atoms with Gasteiger partial charge in [-0.05, 0) is 57.6 Å². The number of likely N-dealkylation sites (tertiary alicyclic amines) is 1. The van der Waals surface area contributed by atoms with Crippen LogP contribution in [0.5, 0.6) is 0 Å². The lowest BCUT2D eigenvalue weighted by Gasteiger charge is -2.36. The van der Waals surface area contributed by atoms with Crippen molar-refractivity contribution in [3.8, 4) is 0 Å². The molecule has 1 unspecified atom stereocenters. The quantitative estimate of drug-likeness (QED) is 0.924. The van der Waals surface area contributed by atoms with E-state index in [0.717, 1.165) is 10.0 Å². The third kappa shape index (κ3) is 3.50. The molecule has 1 atom stereocenters. The number of aliphatic hydroxyl groups excluding tert-OH is 1. The van der Waals surface area contributed by atoms with E-state index in [4.69, 9.17) is 0 Å². The zero-order chi connectivity index (χ0) is 14.0. The fourth-order valence-electron chi connectivity index (χ4n) is 2.67. The molecule has 2 rings (SSSR count). The fraction of sp³-hybridized carbons (Fsp3) is 0.600. The van der Waals surface area contributed by atoms with Crippen LogP contribution in [0, 0.1) is 0 Å². The molecule has 0 radical (unpaired) electrons. The summed E-state index contributed by atoms with van der Waals surface area (Å²) < 4.78 is 0.986. The third-order valence-electron chi connectivity index (χ3n) is 4.08. The molecule has 1 N–H and O–H groups in total. The predicted molar refractivity (Wildman–Crippen MR) is 83.7 cm³/mol. The first-order chi connectivity index (χ1) is 8.99. The lowest BCUT2D eigenvalue weighted by molar-refractivity contribution is 0.198. The molecule has 0 aliphatic carbocycles. The van der Waals surface area contributed by atoms with E-state index >= 15 is 0 Å². The number of hydrogen-bond donors (Lipinski definition) is 1. The molecule has 0 aromatic heterocycles. The molecule has 0 amide bonds. The molecule has 0 spiro atoms. The minimum Gasteiger partial charge on any atom is -0.389 e. The van der Waals surface area contributed by atoms with Gasteiger partial charge in [-0.2, -0.15) is 0 Å². The van der Waals surface area contributed by atoms with E-state index in [2.05, 4.69) is 52.0 Å². The summed E-state index contributed by atoms with van der Waals surface area (Å²) >= 11 is 3.55. The summed E-state index contributed by atoms with van der Waals surface area (Å²) in [6.07, 6.45) is 1.99. The van der Waals surface area contributed by atoms with Gasteiger partial charge in [-0.3, -0.25) is 0 Å². The van der Waals surface area contributed by atoms with E-state index in [1.165, 1.54) is 31.6 Å². The highest BCUT2D eigenvalue weighted by molar-refractivity contribution is 9.10. The summed E-state index contributed by atoms with van der Waals surface area (Å²) in [5.74, 6) is 0. The standard InChI is InChI=1S/C15H23BrN2O/c1-11(19)14-5-4-13(10-15(14)16)18(3)12-6-8-17(2)9-7-12/h4-5,10-12,19H,6-9H2,1-3H3. The maximum Gasteiger partial charge on any atom is 0.0772 e. The van der Waals surface area contributed by atoms with Crippen LogP contribution in [0.2, 0.25) is 0 Å². The highest BCUT2D eigenvalue weighted by atomic mass is 79.9. The molecule has 19 heavy (non-hydrogen) atoms. The van der Waals surface area contributed by atoms with E-state index < -0.39 is 6.10 Å². The van der Waals surface area contributed by atoms with Crippen molar-refractivity contribution in [2.75, 3.05) is 32.1 Å². The van der Waals surface area contributed by atoms with Crippen molar-refractivity contribution in [2.45, 2.75) is 31.9 Å². The van der Waals surface area contributed by atoms with E-state index in [-0.39, 0.29) is 0 Å². The maximum atomic E-state index is 9.66. The van der Waals surface area contributed by atoms with Crippen molar-refractivity contribution in [1.29, 1.82) is 0 Å². The molecule has 1 aromatic rings. The second-order valence-electron chi connectivity index (χ2n) is 5.53. The Morgan fingerprint density at radius 3 is 2.53 bits per heavy atom. The van der Waals surface area contributed by atoms with Crippen molar-refractivity contribution < 1.29 is 5.11 Å². The van der Waals surface area contributed by atoms with E-state index in [0.29, 0.717) is 6.04 Å². The van der Waals surface area contributed by atoms with Gasteiger partial charge < -0.3 is 14.9 Å². The molecule has 0 saturated carbocycles. The van der Waals surface area contributed by atoms with Crippen LogP contribution in [-0.2, 0) is 0 Å². The summed E-state index contributed by atoms with van der Waals surface area (Å²) in [4.78, 5) is 4.75. The number of aliphatic hydroxyl groups is 1. The summed E-state index contributed by atoms with van der Waals surface area (Å²) in [5, 5.41) is 9.66. The average Bonchev–Trinajstić information content (AvgIpc) is 2.38. The van der Waals surface area contributed by atoms with Gasteiger partial charge in [0.05, 0.1) is 6.10 Å². The molecule has 1 heterocycles. The average molecular weight is 327 g/mol. The summed E-state index contributed by atoms with van der Waals surface area (Å²) in [6.45, 7) is 4.13. The lowest BCUT2D eigenvalue weighted by atomic mass is 10.0. The summed E-state index contributed by atoms with van der Waals surface area (Å²) in [7, 11) is 4.35. The number of piperidine rings is 1. The first-order valence-corrected chi connectivity index (χ1v) is 7.67. The fourth-order valence-corrected chi connectivity index (χ4v) is 3.37. The van der Waals surface area contributed by atoms with Gasteiger partial charge in [0.2, 0.25) is 0 Å². The van der Waals surface area contributed by atoms with Gasteiger partial charge in [0.25, 0.3) is 0 Å². The Balaban J connectivity index is 2.11. The number of benzene rings is 1. The zero-order valence-electron chi connectivity index (χ0n) is 11.9. The molecule has 1 fully saturated rings. The summed E-state index contributed by atoms with van der Waals surface area (Å²) in [6, 6.07) is 6.83. The molecule has 1 saturated heterocycles. The Bertz CT molecular complexity index is 428. The molecule has 3 nitrogen and oxygen atoms in total. The van der Waals surface area contributed by atoms with E-state index in [1.54, 1.807) is 6.92 Å². The van der Waals surface area contributed by atoms with Crippen molar-refractivity contribution >= 4 is 21.6 Å². The molecular weight excluding hydrogens is 304 g/mol. The number of anilines is 1. The number of hydrogen-bond acceptors (Lipinski definition) is 3. The maximum absolute atomic E-state index is 9.66. The topological polar surface area (TPSA) is 26.7 Å². The third-order valence-corrected chi connectivity index (χ3v) is 4.76. The Kier molecular flexibility index (Phi) is 4.87. The van der Waals surface area contributed by atoms with Crippen LogP contribution in [0.25, 0.3) is 0 Å². The second kappa shape index (κ2) is 6.25. The molecule has 1 aliphatic heterocycles. The molecule has 4 heteroatoms. The minimum atomic E-state index is -0.433. The molecule has 1 aliphatic rings. The molecule has 1 aromatic carbocycles. The van der Waals surface area contributed by atoms with Gasteiger partial charge >= 0.3 is 0 Å². The van der Waals surface area contributed by atoms with Gasteiger partial charge in [0.1, 0.15) is 0 Å². The van der Waals surface area contributed by atoms with Crippen molar-refractivity contribution in [3.63, 3.8) is 0 Å². The van der Waals surface area contributed by atoms with E-state index in [1.807, 2.05) is 6.07 Å². The largest absolute Gasteiger partial charge is 0.389 e. The lowest BCUT2D eigenvalue weighted by Crippen LogP contribution is -2.42. The monoisotopic (exact) mass is 326 g/mol. The summed E-state index contributed by atoms with van der Waals surface area (Å²) in [5.41, 5.74) is 2.16. The van der Waals surface area contributed by atoms with E-state index in [9.17, 15) is 5.11 Å². The van der Waals surface area contributed by atoms with Gasteiger partial charge in [-0.15, -0.1) is 0 Å². The van der Waals surface area contributed by atoms with Crippen LogP contribution < -0.4 is 4.90 Å². The first-order valence-electron chi connectivity index (χ1n) is 6.88. The smallest absolute Gasteiger partial charge is 0.0772 e. The van der Waals surface area contributed by atoms with Crippen molar-refractivity contribution in [3.05, 3.63) is 28.2 Å². The molecule has 0 bridgehead atoms. The van der Waals surface area contributed by atoms with Gasteiger partial charge in [0.15, 0.2) is 0 Å². The van der Waals surface area contributed by atoms with Crippen LogP contribution in [0.3, 0.4) is 0 Å². The van der Waals surface area contributed by atoms with Crippen LogP contribution >= 0.6 is 15.9 Å². The first kappa shape index (κ1) is 14.8. The Morgan fingerprint density at radius 2 is 2.00 bits per heavy atom.